The number of carbonyl (C=O) groups excluding carboxylic acids is 1. The van der Waals surface area contributed by atoms with Gasteiger partial charge in [0, 0.05) is 20.0 Å². The van der Waals surface area contributed by atoms with Crippen LogP contribution in [0.4, 0.5) is 0 Å². The maximum atomic E-state index is 11.7. The number of nitrogens with zero attached hydrogens (tertiary/aromatic N) is 1. The van der Waals surface area contributed by atoms with Gasteiger partial charge < -0.3 is 15.1 Å². The van der Waals surface area contributed by atoms with Gasteiger partial charge in [-0.3, -0.25) is 4.79 Å². The minimum atomic E-state index is -0.354. The zero-order chi connectivity index (χ0) is 18.7. The first-order valence-corrected chi connectivity index (χ1v) is 11.0. The number of aliphatic hydroxyl groups excluding tert-OH is 2. The summed E-state index contributed by atoms with van der Waals surface area (Å²) in [7, 11) is 3.57. The zero-order valence-electron chi connectivity index (χ0n) is 16.0. The summed E-state index contributed by atoms with van der Waals surface area (Å²) in [6, 6.07) is 0. The molecule has 0 heterocycles. The Labute approximate surface area is 161 Å². The summed E-state index contributed by atoms with van der Waals surface area (Å²) in [4.78, 5) is 13.3. The molecule has 0 aromatic rings. The van der Waals surface area contributed by atoms with Crippen LogP contribution in [0.2, 0.25) is 0 Å². The van der Waals surface area contributed by atoms with Crippen LogP contribution in [-0.2, 0) is 4.79 Å². The van der Waals surface area contributed by atoms with E-state index in [0.29, 0.717) is 23.5 Å². The van der Waals surface area contributed by atoms with Crippen LogP contribution in [0, 0.1) is 23.7 Å². The summed E-state index contributed by atoms with van der Waals surface area (Å²) in [6.07, 6.45) is 11.1. The van der Waals surface area contributed by atoms with Crippen LogP contribution < -0.4 is 0 Å². The molecule has 1 amide bonds. The van der Waals surface area contributed by atoms with Gasteiger partial charge in [0.25, 0.3) is 0 Å². The van der Waals surface area contributed by atoms with Crippen molar-refractivity contribution in [1.29, 1.82) is 0 Å². The molecule has 26 heavy (non-hydrogen) atoms. The zero-order valence-corrected chi connectivity index (χ0v) is 16.8. The lowest BCUT2D eigenvalue weighted by Crippen LogP contribution is -2.23. The molecule has 3 aliphatic rings. The number of hydrogen-bond acceptors (Lipinski definition) is 4. The Kier molecular flexibility index (Phi) is 6.87. The Morgan fingerprint density at radius 3 is 2.73 bits per heavy atom. The second kappa shape index (κ2) is 8.94. The average Bonchev–Trinajstić information content (AvgIpc) is 3.29. The van der Waals surface area contributed by atoms with Gasteiger partial charge in [-0.05, 0) is 55.3 Å². The van der Waals surface area contributed by atoms with E-state index in [1.54, 1.807) is 30.8 Å². The number of thioether (sulfide) groups is 1. The summed E-state index contributed by atoms with van der Waals surface area (Å²) < 4.78 is 0. The summed E-state index contributed by atoms with van der Waals surface area (Å²) in [5.74, 6) is 2.22. The fraction of sp³-hybridized carbons (Fsp3) is 0.762. The van der Waals surface area contributed by atoms with Crippen molar-refractivity contribution >= 4 is 17.7 Å². The first kappa shape index (κ1) is 20.0. The van der Waals surface area contributed by atoms with Crippen LogP contribution in [0.15, 0.2) is 23.1 Å². The van der Waals surface area contributed by atoms with Crippen molar-refractivity contribution in [1.82, 2.24) is 4.90 Å². The molecule has 0 aromatic carbocycles. The van der Waals surface area contributed by atoms with Gasteiger partial charge in [0.05, 0.1) is 18.0 Å². The highest BCUT2D eigenvalue weighted by Crippen LogP contribution is 2.50. The van der Waals surface area contributed by atoms with Crippen LogP contribution in [0.5, 0.6) is 0 Å². The van der Waals surface area contributed by atoms with Crippen LogP contribution in [0.3, 0.4) is 0 Å². The molecule has 0 spiro atoms. The number of hydrogen-bond donors (Lipinski definition) is 2. The SMILES string of the molecule is CN(C)C(=O)CS/C=C1\C[C@H]2C[C@@H](O)[C@H](/C=C/[C@@H](O)C3CCCC3)[C@H]2C1. The molecule has 0 aliphatic heterocycles. The first-order valence-electron chi connectivity index (χ1n) is 10.00. The fourth-order valence-electron chi connectivity index (χ4n) is 4.93. The van der Waals surface area contributed by atoms with Crippen molar-refractivity contribution in [3.05, 3.63) is 23.1 Å². The van der Waals surface area contributed by atoms with Gasteiger partial charge >= 0.3 is 0 Å². The monoisotopic (exact) mass is 379 g/mol. The Hall–Kier alpha value is -0.780. The van der Waals surface area contributed by atoms with Crippen molar-refractivity contribution in [3.8, 4) is 0 Å². The molecule has 3 aliphatic carbocycles. The predicted octanol–water partition coefficient (Wildman–Crippen LogP) is 3.21. The Bertz CT molecular complexity index is 553. The smallest absolute Gasteiger partial charge is 0.232 e. The van der Waals surface area contributed by atoms with Gasteiger partial charge in [-0.2, -0.15) is 0 Å². The van der Waals surface area contributed by atoms with E-state index in [4.69, 9.17) is 0 Å². The molecule has 0 unspecified atom stereocenters. The van der Waals surface area contributed by atoms with E-state index in [1.165, 1.54) is 18.4 Å². The standard InChI is InChI=1S/C21H33NO3S/c1-22(2)21(25)13-26-12-14-9-16-11-20(24)17(18(16)10-14)7-8-19(23)15-5-3-4-6-15/h7-8,12,15-20,23-24H,3-6,9-11,13H2,1-2H3/b8-7+,14-12+/t16-,17+,18-,19+,20+/m0/s1. The highest BCUT2D eigenvalue weighted by Gasteiger charge is 2.45. The maximum absolute atomic E-state index is 11.7. The van der Waals surface area contributed by atoms with E-state index < -0.39 is 0 Å². The second-order valence-corrected chi connectivity index (χ2v) is 9.37. The van der Waals surface area contributed by atoms with Gasteiger partial charge in [-0.1, -0.05) is 30.6 Å². The van der Waals surface area contributed by atoms with Crippen LogP contribution in [0.1, 0.15) is 44.9 Å². The second-order valence-electron chi connectivity index (χ2n) is 8.51. The molecule has 2 N–H and O–H groups in total. The summed E-state index contributed by atoms with van der Waals surface area (Å²) in [5.41, 5.74) is 1.41. The van der Waals surface area contributed by atoms with Crippen LogP contribution in [-0.4, -0.2) is 53.1 Å². The van der Waals surface area contributed by atoms with Crippen molar-refractivity contribution in [2.75, 3.05) is 19.8 Å². The summed E-state index contributed by atoms with van der Waals surface area (Å²) in [6.45, 7) is 0. The van der Waals surface area contributed by atoms with Crippen molar-refractivity contribution in [2.45, 2.75) is 57.2 Å². The van der Waals surface area contributed by atoms with Crippen LogP contribution >= 0.6 is 11.8 Å². The largest absolute Gasteiger partial charge is 0.392 e. The molecule has 0 bridgehead atoms. The molecule has 0 saturated heterocycles. The van der Waals surface area contributed by atoms with Gasteiger partial charge in [-0.25, -0.2) is 0 Å². The molecular weight excluding hydrogens is 346 g/mol. The van der Waals surface area contributed by atoms with Gasteiger partial charge in [0.15, 0.2) is 0 Å². The number of allylic oxidation sites excluding steroid dienone is 1. The quantitative estimate of drug-likeness (QED) is 0.696. The van der Waals surface area contributed by atoms with E-state index in [2.05, 4.69) is 11.5 Å². The van der Waals surface area contributed by atoms with E-state index in [9.17, 15) is 15.0 Å². The third kappa shape index (κ3) is 4.73. The fourth-order valence-corrected chi connectivity index (χ4v) is 5.84. The average molecular weight is 380 g/mol. The Morgan fingerprint density at radius 2 is 2.04 bits per heavy atom. The van der Waals surface area contributed by atoms with E-state index >= 15 is 0 Å². The van der Waals surface area contributed by atoms with E-state index in [1.807, 2.05) is 6.08 Å². The maximum Gasteiger partial charge on any atom is 0.232 e. The van der Waals surface area contributed by atoms with Crippen molar-refractivity contribution < 1.29 is 15.0 Å². The minimum absolute atomic E-state index is 0.141. The molecule has 4 nitrogen and oxygen atoms in total. The number of carbonyl (C=O) groups is 1. The Morgan fingerprint density at radius 1 is 1.31 bits per heavy atom. The normalized spacial score (nSPS) is 34.7. The lowest BCUT2D eigenvalue weighted by molar-refractivity contribution is -0.125. The highest BCUT2D eigenvalue weighted by atomic mass is 32.2. The van der Waals surface area contributed by atoms with Crippen molar-refractivity contribution in [3.63, 3.8) is 0 Å². The van der Waals surface area contributed by atoms with Crippen LogP contribution in [0.25, 0.3) is 0 Å². The number of aliphatic hydroxyl groups is 2. The Balaban J connectivity index is 1.54. The summed E-state index contributed by atoms with van der Waals surface area (Å²) >= 11 is 1.59. The molecular formula is C21H33NO3S. The summed E-state index contributed by atoms with van der Waals surface area (Å²) in [5, 5.41) is 23.0. The molecule has 146 valence electrons. The predicted molar refractivity (Wildman–Crippen MR) is 107 cm³/mol. The molecule has 0 radical (unpaired) electrons. The molecule has 3 rings (SSSR count). The molecule has 5 heteroatoms. The third-order valence-corrected chi connectivity index (χ3v) is 7.39. The lowest BCUT2D eigenvalue weighted by atomic mass is 9.89. The van der Waals surface area contributed by atoms with E-state index in [0.717, 1.165) is 32.1 Å². The molecule has 3 saturated carbocycles. The van der Waals surface area contributed by atoms with E-state index in [-0.39, 0.29) is 24.0 Å². The lowest BCUT2D eigenvalue weighted by Gasteiger charge is -2.19. The van der Waals surface area contributed by atoms with Crippen molar-refractivity contribution in [2.24, 2.45) is 23.7 Å². The third-order valence-electron chi connectivity index (χ3n) is 6.48. The minimum Gasteiger partial charge on any atom is -0.392 e. The van der Waals surface area contributed by atoms with Gasteiger partial charge in [0.1, 0.15) is 0 Å². The van der Waals surface area contributed by atoms with Gasteiger partial charge in [0.2, 0.25) is 5.91 Å². The topological polar surface area (TPSA) is 60.8 Å². The first-order chi connectivity index (χ1) is 12.5. The number of rotatable bonds is 6. The molecule has 5 atom stereocenters. The van der Waals surface area contributed by atoms with Gasteiger partial charge in [-0.15, -0.1) is 11.8 Å². The molecule has 3 fully saturated rings. The number of fused-ring (bicyclic) bond motifs is 1. The highest BCUT2D eigenvalue weighted by molar-refractivity contribution is 8.02. The molecule has 0 aromatic heterocycles. The number of amides is 1.